The van der Waals surface area contributed by atoms with E-state index in [4.69, 9.17) is 8.85 Å². The van der Waals surface area contributed by atoms with Gasteiger partial charge in [-0.05, 0) is 13.8 Å². The molecule has 1 N–H and O–H groups in total. The molecule has 0 saturated carbocycles. The molecule has 0 aromatic heterocycles. The van der Waals surface area contributed by atoms with Gasteiger partial charge in [0, 0.05) is 20.5 Å². The van der Waals surface area contributed by atoms with Crippen molar-refractivity contribution in [2.45, 2.75) is 26.4 Å². The first-order valence-corrected chi connectivity index (χ1v) is 3.07. The zero-order chi connectivity index (χ0) is 10.7. The summed E-state index contributed by atoms with van der Waals surface area (Å²) in [6.45, 7) is 4.76. The van der Waals surface area contributed by atoms with E-state index in [9.17, 15) is 4.79 Å². The Hall–Kier alpha value is -0.570. The zero-order valence-corrected chi connectivity index (χ0v) is 6.52. The molecule has 0 aromatic carbocycles. The van der Waals surface area contributed by atoms with Crippen LogP contribution in [0.2, 0.25) is 0 Å². The fraction of sp³-hybridized carbons (Fsp3) is 0.857. The van der Waals surface area contributed by atoms with Crippen LogP contribution < -0.4 is 5.32 Å². The highest BCUT2D eigenvalue weighted by Crippen LogP contribution is 2.03. The normalized spacial score (nSPS) is 16.9. The SMILES string of the molecule is [2H]C([2H])([2H])OC(C)(C)CNC(C)=O. The van der Waals surface area contributed by atoms with Crippen LogP contribution in [-0.2, 0) is 9.53 Å². The summed E-state index contributed by atoms with van der Waals surface area (Å²) in [5.41, 5.74) is -0.878. The summed E-state index contributed by atoms with van der Waals surface area (Å²) in [5, 5.41) is 2.49. The lowest BCUT2D eigenvalue weighted by Gasteiger charge is -2.22. The second-order valence-corrected chi connectivity index (χ2v) is 2.77. The summed E-state index contributed by atoms with van der Waals surface area (Å²) in [5.74, 6) is -0.206. The molecule has 0 aliphatic rings. The number of amides is 1. The molecule has 0 heterocycles. The highest BCUT2D eigenvalue weighted by atomic mass is 16.5. The Morgan fingerprint density at radius 3 is 2.80 bits per heavy atom. The van der Waals surface area contributed by atoms with Crippen LogP contribution in [0.25, 0.3) is 0 Å². The third-order valence-electron chi connectivity index (χ3n) is 1.04. The van der Waals surface area contributed by atoms with Gasteiger partial charge in [0.1, 0.15) is 0 Å². The molecule has 0 saturated heterocycles. The summed E-state index contributed by atoms with van der Waals surface area (Å²) in [7, 11) is -2.43. The first kappa shape index (κ1) is 5.13. The molecule has 0 radical (unpaired) electrons. The van der Waals surface area contributed by atoms with Gasteiger partial charge in [-0.3, -0.25) is 4.79 Å². The van der Waals surface area contributed by atoms with Crippen LogP contribution in [0, 0.1) is 0 Å². The maximum atomic E-state index is 10.5. The quantitative estimate of drug-likeness (QED) is 0.634. The lowest BCUT2D eigenvalue weighted by Crippen LogP contribution is -2.38. The van der Waals surface area contributed by atoms with Crippen molar-refractivity contribution in [2.24, 2.45) is 0 Å². The number of ether oxygens (including phenoxy) is 1. The van der Waals surface area contributed by atoms with Gasteiger partial charge in [-0.2, -0.15) is 0 Å². The van der Waals surface area contributed by atoms with Crippen LogP contribution in [0.1, 0.15) is 24.9 Å². The first-order chi connectivity index (χ1) is 5.62. The summed E-state index contributed by atoms with van der Waals surface area (Å²) in [6.07, 6.45) is 0. The third kappa shape index (κ3) is 4.32. The molecular weight excluding hydrogens is 130 g/mol. The van der Waals surface area contributed by atoms with Gasteiger partial charge in [0.25, 0.3) is 0 Å². The number of rotatable bonds is 3. The van der Waals surface area contributed by atoms with Crippen LogP contribution in [-0.4, -0.2) is 25.1 Å². The minimum Gasteiger partial charge on any atom is -0.377 e. The van der Waals surface area contributed by atoms with E-state index in [0.29, 0.717) is 0 Å². The van der Waals surface area contributed by atoms with E-state index in [1.54, 1.807) is 13.8 Å². The summed E-state index contributed by atoms with van der Waals surface area (Å²) in [4.78, 5) is 10.5. The van der Waals surface area contributed by atoms with Gasteiger partial charge in [-0.1, -0.05) is 0 Å². The highest BCUT2D eigenvalue weighted by molar-refractivity contribution is 5.72. The average molecular weight is 148 g/mol. The summed E-state index contributed by atoms with van der Waals surface area (Å²) in [6, 6.07) is 0. The van der Waals surface area contributed by atoms with Crippen molar-refractivity contribution in [3.8, 4) is 0 Å². The molecule has 0 aliphatic heterocycles. The van der Waals surface area contributed by atoms with Crippen molar-refractivity contribution in [3.63, 3.8) is 0 Å². The van der Waals surface area contributed by atoms with E-state index in [1.165, 1.54) is 6.92 Å². The van der Waals surface area contributed by atoms with Gasteiger partial charge in [-0.25, -0.2) is 0 Å². The Morgan fingerprint density at radius 1 is 1.80 bits per heavy atom. The minimum atomic E-state index is -2.43. The molecule has 3 heteroatoms. The molecule has 0 aromatic rings. The molecule has 3 nitrogen and oxygen atoms in total. The molecule has 0 unspecified atom stereocenters. The van der Waals surface area contributed by atoms with Gasteiger partial charge in [-0.15, -0.1) is 0 Å². The number of carbonyl (C=O) groups is 1. The van der Waals surface area contributed by atoms with E-state index in [1.807, 2.05) is 0 Å². The van der Waals surface area contributed by atoms with E-state index in [-0.39, 0.29) is 12.5 Å². The Labute approximate surface area is 66.0 Å². The second-order valence-electron chi connectivity index (χ2n) is 2.77. The minimum absolute atomic E-state index is 0.181. The summed E-state index contributed by atoms with van der Waals surface area (Å²) >= 11 is 0. The van der Waals surface area contributed by atoms with Crippen LogP contribution in [0.4, 0.5) is 0 Å². The van der Waals surface area contributed by atoms with Crippen molar-refractivity contribution in [1.29, 1.82) is 0 Å². The zero-order valence-electron chi connectivity index (χ0n) is 9.52. The fourth-order valence-corrected chi connectivity index (χ4v) is 0.373. The van der Waals surface area contributed by atoms with Crippen molar-refractivity contribution in [3.05, 3.63) is 0 Å². The third-order valence-corrected chi connectivity index (χ3v) is 1.04. The standard InChI is InChI=1S/C7H15NO2/c1-6(9)8-5-7(2,3)10-4/h5H2,1-4H3,(H,8,9)/i4D3. The van der Waals surface area contributed by atoms with Gasteiger partial charge in [0.2, 0.25) is 5.91 Å². The largest absolute Gasteiger partial charge is 0.377 e. The fourth-order valence-electron chi connectivity index (χ4n) is 0.373. The Kier molecular flexibility index (Phi) is 1.83. The smallest absolute Gasteiger partial charge is 0.216 e. The molecule has 0 spiro atoms. The molecule has 0 fully saturated rings. The van der Waals surface area contributed by atoms with Crippen molar-refractivity contribution in [1.82, 2.24) is 5.32 Å². The molecule has 0 rings (SSSR count). The molecule has 10 heavy (non-hydrogen) atoms. The van der Waals surface area contributed by atoms with E-state index in [2.05, 4.69) is 5.32 Å². The monoisotopic (exact) mass is 148 g/mol. The van der Waals surface area contributed by atoms with E-state index in [0.717, 1.165) is 0 Å². The van der Waals surface area contributed by atoms with Crippen LogP contribution in [0.5, 0.6) is 0 Å². The number of hydrogen-bond acceptors (Lipinski definition) is 2. The van der Waals surface area contributed by atoms with E-state index >= 15 is 0 Å². The van der Waals surface area contributed by atoms with Crippen LogP contribution in [0.15, 0.2) is 0 Å². The molecular formula is C7H15NO2. The number of methoxy groups -OCH3 is 1. The maximum absolute atomic E-state index is 10.5. The van der Waals surface area contributed by atoms with Crippen molar-refractivity contribution >= 4 is 5.91 Å². The van der Waals surface area contributed by atoms with Gasteiger partial charge in [0.15, 0.2) is 0 Å². The molecule has 1 amide bonds. The lowest BCUT2D eigenvalue weighted by atomic mass is 10.1. The van der Waals surface area contributed by atoms with Crippen molar-refractivity contribution < 1.29 is 13.6 Å². The average Bonchev–Trinajstić information content (AvgIpc) is 1.78. The maximum Gasteiger partial charge on any atom is 0.216 e. The van der Waals surface area contributed by atoms with Gasteiger partial charge < -0.3 is 10.1 Å². The summed E-state index contributed by atoms with van der Waals surface area (Å²) < 4.78 is 25.4. The predicted octanol–water partition coefficient (Wildman–Crippen LogP) is 0.547. The van der Waals surface area contributed by atoms with Gasteiger partial charge in [0.05, 0.1) is 9.71 Å². The highest BCUT2D eigenvalue weighted by Gasteiger charge is 2.15. The van der Waals surface area contributed by atoms with E-state index < -0.39 is 12.6 Å². The second kappa shape index (κ2) is 3.56. The lowest BCUT2D eigenvalue weighted by molar-refractivity contribution is -0.120. The van der Waals surface area contributed by atoms with Gasteiger partial charge >= 0.3 is 0 Å². The number of carbonyl (C=O) groups excluding carboxylic acids is 1. The van der Waals surface area contributed by atoms with Crippen LogP contribution >= 0.6 is 0 Å². The van der Waals surface area contributed by atoms with Crippen LogP contribution in [0.3, 0.4) is 0 Å². The number of nitrogens with one attached hydrogen (secondary N) is 1. The molecule has 0 bridgehead atoms. The Morgan fingerprint density at radius 2 is 2.40 bits per heavy atom. The molecule has 0 atom stereocenters. The topological polar surface area (TPSA) is 38.3 Å². The predicted molar refractivity (Wildman–Crippen MR) is 39.8 cm³/mol. The number of hydrogen-bond donors (Lipinski definition) is 1. The molecule has 60 valence electrons. The molecule has 0 aliphatic carbocycles. The Balaban J connectivity index is 4.01. The Bertz CT molecular complexity index is 189. The first-order valence-electron chi connectivity index (χ1n) is 4.57. The van der Waals surface area contributed by atoms with Crippen molar-refractivity contribution in [2.75, 3.05) is 13.6 Å².